The summed E-state index contributed by atoms with van der Waals surface area (Å²) in [4.78, 5) is 27.4. The summed E-state index contributed by atoms with van der Waals surface area (Å²) in [6.07, 6.45) is 11.1. The zero-order chi connectivity index (χ0) is 21.8. The molecular weight excluding hydrogens is 392 g/mol. The van der Waals surface area contributed by atoms with Crippen LogP contribution in [0.2, 0.25) is 0 Å². The minimum atomic E-state index is -0.463. The Morgan fingerprint density at radius 2 is 1.81 bits per heavy atom. The second-order valence-corrected chi connectivity index (χ2v) is 8.82. The van der Waals surface area contributed by atoms with Gasteiger partial charge in [0.05, 0.1) is 30.3 Å². The van der Waals surface area contributed by atoms with Crippen molar-refractivity contribution in [3.05, 3.63) is 47.8 Å². The van der Waals surface area contributed by atoms with E-state index in [2.05, 4.69) is 22.1 Å². The maximum Gasteiger partial charge on any atom is 0.251 e. The van der Waals surface area contributed by atoms with Crippen LogP contribution in [-0.4, -0.2) is 46.7 Å². The topological polar surface area (TPSA) is 90.5 Å². The maximum atomic E-state index is 13.9. The molecule has 1 aromatic carbocycles. The number of ether oxygens (including phenoxy) is 1. The molecule has 0 radical (unpaired) electrons. The summed E-state index contributed by atoms with van der Waals surface area (Å²) in [7, 11) is 1.66. The first kappa shape index (κ1) is 21.4. The number of carbonyl (C=O) groups is 2. The van der Waals surface area contributed by atoms with Gasteiger partial charge in [-0.2, -0.15) is 5.10 Å². The van der Waals surface area contributed by atoms with Crippen molar-refractivity contribution in [3.8, 4) is 5.75 Å². The molecule has 2 heterocycles. The summed E-state index contributed by atoms with van der Waals surface area (Å²) < 4.78 is 7.16. The molecule has 0 spiro atoms. The molecule has 1 saturated carbocycles. The monoisotopic (exact) mass is 424 g/mol. The number of rotatable bonds is 5. The van der Waals surface area contributed by atoms with Crippen LogP contribution < -0.4 is 10.5 Å². The van der Waals surface area contributed by atoms with Gasteiger partial charge >= 0.3 is 0 Å². The first-order valence-corrected chi connectivity index (χ1v) is 11.3. The fourth-order valence-corrected chi connectivity index (χ4v) is 5.21. The quantitative estimate of drug-likeness (QED) is 0.796. The lowest BCUT2D eigenvalue weighted by Crippen LogP contribution is -2.48. The van der Waals surface area contributed by atoms with Gasteiger partial charge in [0.15, 0.2) is 0 Å². The third kappa shape index (κ3) is 4.31. The Balaban J connectivity index is 1.52. The van der Waals surface area contributed by atoms with E-state index < -0.39 is 11.3 Å². The van der Waals surface area contributed by atoms with E-state index in [1.54, 1.807) is 13.3 Å². The Morgan fingerprint density at radius 3 is 2.45 bits per heavy atom. The molecule has 2 amide bonds. The van der Waals surface area contributed by atoms with E-state index >= 15 is 0 Å². The molecule has 2 aromatic rings. The third-order valence-corrected chi connectivity index (χ3v) is 7.00. The molecular formula is C24H32N4O3. The molecule has 1 aliphatic carbocycles. The van der Waals surface area contributed by atoms with E-state index in [1.165, 1.54) is 12.6 Å². The summed E-state index contributed by atoms with van der Waals surface area (Å²) >= 11 is 0. The van der Waals surface area contributed by atoms with Crippen molar-refractivity contribution in [3.63, 3.8) is 0 Å². The van der Waals surface area contributed by atoms with Gasteiger partial charge in [0.25, 0.3) is 5.91 Å². The predicted octanol–water partition coefficient (Wildman–Crippen LogP) is 3.45. The van der Waals surface area contributed by atoms with Crippen LogP contribution >= 0.6 is 0 Å². The van der Waals surface area contributed by atoms with Crippen LogP contribution in [0, 0.1) is 0 Å². The average molecular weight is 425 g/mol. The molecule has 7 heteroatoms. The first-order chi connectivity index (χ1) is 15.0. The van der Waals surface area contributed by atoms with Gasteiger partial charge in [0.1, 0.15) is 5.75 Å². The highest BCUT2D eigenvalue weighted by Crippen LogP contribution is 2.42. The summed E-state index contributed by atoms with van der Waals surface area (Å²) in [6.45, 7) is 1.46. The summed E-state index contributed by atoms with van der Waals surface area (Å²) in [6, 6.07) is 8.24. The zero-order valence-electron chi connectivity index (χ0n) is 18.3. The normalized spacial score (nSPS) is 21.3. The highest BCUT2D eigenvalue weighted by Gasteiger charge is 2.43. The number of nitrogens with zero attached hydrogens (tertiary/aromatic N) is 3. The molecule has 2 N–H and O–H groups in total. The molecule has 31 heavy (non-hydrogen) atoms. The third-order valence-electron chi connectivity index (χ3n) is 7.00. The lowest BCUT2D eigenvalue weighted by atomic mass is 9.68. The molecule has 1 saturated heterocycles. The van der Waals surface area contributed by atoms with E-state index in [0.29, 0.717) is 12.1 Å². The number of nitrogens with two attached hydrogens (primary N) is 1. The molecule has 1 aromatic heterocycles. The Hall–Kier alpha value is -2.83. The van der Waals surface area contributed by atoms with Crippen LogP contribution in [0.15, 0.2) is 36.7 Å². The number of primary amides is 1. The smallest absolute Gasteiger partial charge is 0.251 e. The Bertz CT molecular complexity index is 915. The van der Waals surface area contributed by atoms with Crippen LogP contribution in [0.3, 0.4) is 0 Å². The van der Waals surface area contributed by atoms with Crippen LogP contribution in [0.4, 0.5) is 0 Å². The van der Waals surface area contributed by atoms with E-state index in [9.17, 15) is 9.59 Å². The summed E-state index contributed by atoms with van der Waals surface area (Å²) in [5.74, 6) is 0.612. The molecule has 166 valence electrons. The zero-order valence-corrected chi connectivity index (χ0v) is 18.3. The summed E-state index contributed by atoms with van der Waals surface area (Å²) in [5.41, 5.74) is 6.47. The molecule has 2 aliphatic rings. The molecule has 0 bridgehead atoms. The van der Waals surface area contributed by atoms with E-state index in [4.69, 9.17) is 10.5 Å². The predicted molar refractivity (Wildman–Crippen MR) is 118 cm³/mol. The van der Waals surface area contributed by atoms with Gasteiger partial charge in [-0.05, 0) is 49.8 Å². The lowest BCUT2D eigenvalue weighted by molar-refractivity contribution is -0.138. The van der Waals surface area contributed by atoms with Crippen molar-refractivity contribution in [1.29, 1.82) is 0 Å². The number of hydrogen-bond acceptors (Lipinski definition) is 4. The van der Waals surface area contributed by atoms with E-state index in [-0.39, 0.29) is 11.9 Å². The van der Waals surface area contributed by atoms with E-state index in [0.717, 1.165) is 62.8 Å². The van der Waals surface area contributed by atoms with Gasteiger partial charge in [-0.1, -0.05) is 31.4 Å². The number of hydrogen-bond donors (Lipinski definition) is 1. The van der Waals surface area contributed by atoms with Crippen molar-refractivity contribution in [1.82, 2.24) is 14.7 Å². The second kappa shape index (κ2) is 9.12. The van der Waals surface area contributed by atoms with Crippen LogP contribution in [0.25, 0.3) is 0 Å². The second-order valence-electron chi connectivity index (χ2n) is 8.82. The van der Waals surface area contributed by atoms with Crippen LogP contribution in [0.1, 0.15) is 73.3 Å². The van der Waals surface area contributed by atoms with Gasteiger partial charge in [-0.3, -0.25) is 14.3 Å². The highest BCUT2D eigenvalue weighted by atomic mass is 16.5. The Morgan fingerprint density at radius 1 is 1.06 bits per heavy atom. The molecule has 7 nitrogen and oxygen atoms in total. The standard InChI is InChI=1S/C24H32N4O3/c1-31-21-9-7-19(8-10-21)24(12-3-2-4-13-24)23(30)27-14-5-6-20(11-15-27)28-17-18(16-26-28)22(25)29/h7-10,16-17,20H,2-6,11-15H2,1H3,(H2,25,29)/t20-/m1/s1. The molecule has 1 atom stereocenters. The maximum absolute atomic E-state index is 13.9. The number of methoxy groups -OCH3 is 1. The van der Waals surface area contributed by atoms with Crippen molar-refractivity contribution >= 4 is 11.8 Å². The fourth-order valence-electron chi connectivity index (χ4n) is 5.21. The Labute approximate surface area is 183 Å². The summed E-state index contributed by atoms with van der Waals surface area (Å²) in [5, 5.41) is 4.34. The van der Waals surface area contributed by atoms with Crippen molar-refractivity contribution in [2.24, 2.45) is 5.73 Å². The van der Waals surface area contributed by atoms with Crippen molar-refractivity contribution in [2.75, 3.05) is 20.2 Å². The van der Waals surface area contributed by atoms with Crippen molar-refractivity contribution < 1.29 is 14.3 Å². The average Bonchev–Trinajstić information content (AvgIpc) is 3.18. The molecule has 4 rings (SSSR count). The minimum Gasteiger partial charge on any atom is -0.497 e. The van der Waals surface area contributed by atoms with Crippen LogP contribution in [0.5, 0.6) is 5.75 Å². The lowest BCUT2D eigenvalue weighted by Gasteiger charge is -2.40. The van der Waals surface area contributed by atoms with Gasteiger partial charge in [0, 0.05) is 19.3 Å². The minimum absolute atomic E-state index is 0.175. The highest BCUT2D eigenvalue weighted by molar-refractivity contribution is 5.92. The first-order valence-electron chi connectivity index (χ1n) is 11.3. The van der Waals surface area contributed by atoms with Gasteiger partial charge in [0.2, 0.25) is 5.91 Å². The van der Waals surface area contributed by atoms with E-state index in [1.807, 2.05) is 16.8 Å². The van der Waals surface area contributed by atoms with Gasteiger partial charge < -0.3 is 15.4 Å². The number of benzene rings is 1. The largest absolute Gasteiger partial charge is 0.497 e. The van der Waals surface area contributed by atoms with Crippen LogP contribution in [-0.2, 0) is 10.2 Å². The number of aromatic nitrogens is 2. The van der Waals surface area contributed by atoms with Crippen molar-refractivity contribution in [2.45, 2.75) is 62.8 Å². The number of likely N-dealkylation sites (tertiary alicyclic amines) is 1. The van der Waals surface area contributed by atoms with Gasteiger partial charge in [-0.15, -0.1) is 0 Å². The fraction of sp³-hybridized carbons (Fsp3) is 0.542. The number of carbonyl (C=O) groups excluding carboxylic acids is 2. The SMILES string of the molecule is COc1ccc(C2(C(=O)N3CCC[C@@H](n4cc(C(N)=O)cn4)CC3)CCCCC2)cc1. The molecule has 0 unspecified atom stereocenters. The molecule has 1 aliphatic heterocycles. The van der Waals surface area contributed by atoms with Gasteiger partial charge in [-0.25, -0.2) is 0 Å². The number of amides is 2. The Kier molecular flexibility index (Phi) is 6.30. The molecule has 2 fully saturated rings.